The van der Waals surface area contributed by atoms with Crippen LogP contribution >= 0.6 is 11.6 Å². The van der Waals surface area contributed by atoms with Gasteiger partial charge in [-0.1, -0.05) is 11.6 Å². The molecule has 3 rings (SSSR count). The van der Waals surface area contributed by atoms with Crippen LogP contribution in [-0.4, -0.2) is 35.4 Å². The van der Waals surface area contributed by atoms with Crippen molar-refractivity contribution in [3.63, 3.8) is 0 Å². The quantitative estimate of drug-likeness (QED) is 0.363. The molecule has 182 valence electrons. The van der Waals surface area contributed by atoms with Crippen molar-refractivity contribution in [3.8, 4) is 5.75 Å². The molecule has 0 heterocycles. The predicted molar refractivity (Wildman–Crippen MR) is 122 cm³/mol. The number of Topliss-reactive ketones (excluding diaryl/α,β-unsaturated/α-hetero) is 1. The van der Waals surface area contributed by atoms with Crippen molar-refractivity contribution < 1.29 is 33.0 Å². The predicted octanol–water partition coefficient (Wildman–Crippen LogP) is 5.34. The van der Waals surface area contributed by atoms with Crippen LogP contribution in [0.4, 0.5) is 8.78 Å². The molecule has 0 aliphatic heterocycles. The number of rotatable bonds is 9. The molecule has 0 bridgehead atoms. The number of aryl methyl sites for hydroxylation is 1. The fourth-order valence-corrected chi connectivity index (χ4v) is 4.03. The molecule has 2 N–H and O–H groups in total. The standard InChI is InChI=1S/C25H26ClF2NO5/c1-14-11-16(6-9-19(14)26)24(31)29-10-2-3-22(30)17-12-20(27)23(21(28)13-17)34-18-7-4-15(5-8-18)25(32)33/h6,9,11-13,15,18H,2-5,7-8,10H2,1H3,(H,29,31)(H,32,33). The second-order valence-corrected chi connectivity index (χ2v) is 8.85. The number of nitrogens with one attached hydrogen (secondary N) is 1. The summed E-state index contributed by atoms with van der Waals surface area (Å²) in [5.41, 5.74) is 1.11. The molecule has 9 heteroatoms. The minimum absolute atomic E-state index is 0.00177. The number of benzene rings is 2. The van der Waals surface area contributed by atoms with E-state index >= 15 is 0 Å². The Morgan fingerprint density at radius 2 is 1.71 bits per heavy atom. The van der Waals surface area contributed by atoms with Gasteiger partial charge in [0, 0.05) is 29.1 Å². The van der Waals surface area contributed by atoms with E-state index in [1.165, 1.54) is 0 Å². The fraction of sp³-hybridized carbons (Fsp3) is 0.400. The number of aliphatic carboxylic acids is 1. The number of carbonyl (C=O) groups excluding carboxylic acids is 2. The van der Waals surface area contributed by atoms with Crippen molar-refractivity contribution in [2.45, 2.75) is 51.6 Å². The van der Waals surface area contributed by atoms with Gasteiger partial charge in [-0.05, 0) is 74.9 Å². The topological polar surface area (TPSA) is 92.7 Å². The smallest absolute Gasteiger partial charge is 0.306 e. The minimum atomic E-state index is -0.977. The zero-order chi connectivity index (χ0) is 24.8. The maximum atomic E-state index is 14.5. The first-order valence-corrected chi connectivity index (χ1v) is 11.5. The summed E-state index contributed by atoms with van der Waals surface area (Å²) in [7, 11) is 0. The number of amides is 1. The third-order valence-electron chi connectivity index (χ3n) is 5.91. The van der Waals surface area contributed by atoms with Crippen LogP contribution < -0.4 is 10.1 Å². The van der Waals surface area contributed by atoms with Crippen molar-refractivity contribution in [2.24, 2.45) is 5.92 Å². The van der Waals surface area contributed by atoms with Crippen LogP contribution in [0.1, 0.15) is 64.8 Å². The summed E-state index contributed by atoms with van der Waals surface area (Å²) in [6.07, 6.45) is 1.36. The number of carbonyl (C=O) groups is 3. The lowest BCUT2D eigenvalue weighted by atomic mass is 9.87. The van der Waals surface area contributed by atoms with Gasteiger partial charge in [0.15, 0.2) is 23.2 Å². The zero-order valence-electron chi connectivity index (χ0n) is 18.7. The van der Waals surface area contributed by atoms with Gasteiger partial charge in [0.1, 0.15) is 0 Å². The van der Waals surface area contributed by atoms with E-state index in [0.717, 1.165) is 17.7 Å². The second-order valence-electron chi connectivity index (χ2n) is 8.45. The average Bonchev–Trinajstić information content (AvgIpc) is 2.80. The zero-order valence-corrected chi connectivity index (χ0v) is 19.5. The molecular weight excluding hydrogens is 468 g/mol. The molecule has 2 aromatic carbocycles. The molecule has 0 spiro atoms. The Labute approximate surface area is 201 Å². The molecule has 0 unspecified atom stereocenters. The highest BCUT2D eigenvalue weighted by Crippen LogP contribution is 2.31. The molecule has 0 aromatic heterocycles. The number of halogens is 3. The first kappa shape index (κ1) is 25.6. The molecule has 1 aliphatic rings. The molecule has 6 nitrogen and oxygen atoms in total. The molecule has 0 radical (unpaired) electrons. The summed E-state index contributed by atoms with van der Waals surface area (Å²) < 4.78 is 34.4. The van der Waals surface area contributed by atoms with Crippen LogP contribution in [0.3, 0.4) is 0 Å². The monoisotopic (exact) mass is 493 g/mol. The van der Waals surface area contributed by atoms with Gasteiger partial charge in [-0.15, -0.1) is 0 Å². The highest BCUT2D eigenvalue weighted by molar-refractivity contribution is 6.31. The molecule has 0 atom stereocenters. The van der Waals surface area contributed by atoms with Gasteiger partial charge in [0.05, 0.1) is 12.0 Å². The molecule has 1 aliphatic carbocycles. The molecule has 1 saturated carbocycles. The van der Waals surface area contributed by atoms with Gasteiger partial charge < -0.3 is 15.2 Å². The van der Waals surface area contributed by atoms with Crippen LogP contribution in [-0.2, 0) is 4.79 Å². The summed E-state index contributed by atoms with van der Waals surface area (Å²) in [6, 6.07) is 6.78. The highest BCUT2D eigenvalue weighted by atomic mass is 35.5. The van der Waals surface area contributed by atoms with Crippen LogP contribution in [0.5, 0.6) is 5.75 Å². The highest BCUT2D eigenvalue weighted by Gasteiger charge is 2.28. The average molecular weight is 494 g/mol. The Bertz CT molecular complexity index is 1060. The van der Waals surface area contributed by atoms with E-state index in [-0.39, 0.29) is 24.4 Å². The van der Waals surface area contributed by atoms with Gasteiger partial charge in [0.2, 0.25) is 0 Å². The van der Waals surface area contributed by atoms with Crippen LogP contribution in [0.15, 0.2) is 30.3 Å². The fourth-order valence-electron chi connectivity index (χ4n) is 3.91. The summed E-state index contributed by atoms with van der Waals surface area (Å²) in [5, 5.41) is 12.3. The Morgan fingerprint density at radius 1 is 1.06 bits per heavy atom. The normalized spacial score (nSPS) is 17.8. The van der Waals surface area contributed by atoms with Crippen LogP contribution in [0, 0.1) is 24.5 Å². The number of carboxylic acid groups (broad SMARTS) is 1. The number of ketones is 1. The Balaban J connectivity index is 1.50. The van der Waals surface area contributed by atoms with E-state index in [0.29, 0.717) is 42.7 Å². The Kier molecular flexibility index (Phi) is 8.61. The van der Waals surface area contributed by atoms with Gasteiger partial charge >= 0.3 is 5.97 Å². The first-order valence-electron chi connectivity index (χ1n) is 11.1. The molecule has 0 saturated heterocycles. The van der Waals surface area contributed by atoms with E-state index in [2.05, 4.69) is 5.32 Å². The Morgan fingerprint density at radius 3 is 2.29 bits per heavy atom. The van der Waals surface area contributed by atoms with Crippen molar-refractivity contribution in [2.75, 3.05) is 6.54 Å². The van der Waals surface area contributed by atoms with E-state index in [1.54, 1.807) is 25.1 Å². The van der Waals surface area contributed by atoms with Gasteiger partial charge in [-0.3, -0.25) is 14.4 Å². The van der Waals surface area contributed by atoms with Crippen molar-refractivity contribution in [1.82, 2.24) is 5.32 Å². The summed E-state index contributed by atoms with van der Waals surface area (Å²) in [5.74, 6) is -4.61. The van der Waals surface area contributed by atoms with Crippen molar-refractivity contribution in [3.05, 3.63) is 63.7 Å². The Hall–Kier alpha value is -3.00. The van der Waals surface area contributed by atoms with Gasteiger partial charge in [0.25, 0.3) is 5.91 Å². The first-order chi connectivity index (χ1) is 16.2. The lowest BCUT2D eigenvalue weighted by Crippen LogP contribution is -2.28. The number of hydrogen-bond acceptors (Lipinski definition) is 4. The summed E-state index contributed by atoms with van der Waals surface area (Å²) in [6.45, 7) is 2.01. The molecule has 1 fully saturated rings. The SMILES string of the molecule is Cc1cc(C(=O)NCCCC(=O)c2cc(F)c(OC3CCC(C(=O)O)CC3)c(F)c2)ccc1Cl. The third-order valence-corrected chi connectivity index (χ3v) is 6.34. The summed E-state index contributed by atoms with van der Waals surface area (Å²) >= 11 is 5.95. The van der Waals surface area contributed by atoms with Crippen molar-refractivity contribution >= 4 is 29.3 Å². The molecule has 1 amide bonds. The lowest BCUT2D eigenvalue weighted by Gasteiger charge is -2.27. The maximum absolute atomic E-state index is 14.5. The van der Waals surface area contributed by atoms with E-state index in [9.17, 15) is 23.2 Å². The van der Waals surface area contributed by atoms with Crippen LogP contribution in [0.25, 0.3) is 0 Å². The lowest BCUT2D eigenvalue weighted by molar-refractivity contribution is -0.143. The van der Waals surface area contributed by atoms with Gasteiger partial charge in [-0.25, -0.2) is 8.78 Å². The van der Waals surface area contributed by atoms with Gasteiger partial charge in [-0.2, -0.15) is 0 Å². The summed E-state index contributed by atoms with van der Waals surface area (Å²) in [4.78, 5) is 35.6. The van der Waals surface area contributed by atoms with E-state index < -0.39 is 41.2 Å². The second kappa shape index (κ2) is 11.4. The number of hydrogen-bond donors (Lipinski definition) is 2. The molecule has 2 aromatic rings. The van der Waals surface area contributed by atoms with Crippen LogP contribution in [0.2, 0.25) is 5.02 Å². The van der Waals surface area contributed by atoms with E-state index in [4.69, 9.17) is 21.4 Å². The third kappa shape index (κ3) is 6.53. The largest absolute Gasteiger partial charge is 0.484 e. The number of carboxylic acids is 1. The molecular formula is C25H26ClF2NO5. The van der Waals surface area contributed by atoms with E-state index in [1.807, 2.05) is 0 Å². The molecule has 34 heavy (non-hydrogen) atoms. The van der Waals surface area contributed by atoms with Crippen molar-refractivity contribution in [1.29, 1.82) is 0 Å². The number of ether oxygens (including phenoxy) is 1. The maximum Gasteiger partial charge on any atom is 0.306 e. The minimum Gasteiger partial charge on any atom is -0.484 e.